The Morgan fingerprint density at radius 1 is 1.18 bits per heavy atom. The fourth-order valence-electron chi connectivity index (χ4n) is 3.08. The van der Waals surface area contributed by atoms with Crippen molar-refractivity contribution in [1.29, 1.82) is 0 Å². The summed E-state index contributed by atoms with van der Waals surface area (Å²) in [7, 11) is 0. The van der Waals surface area contributed by atoms with Gasteiger partial charge in [0.1, 0.15) is 0 Å². The van der Waals surface area contributed by atoms with E-state index in [2.05, 4.69) is 5.32 Å². The number of hydrogen-bond donors (Lipinski definition) is 3. The number of fused-ring (bicyclic) bond motifs is 1. The minimum atomic E-state index is -4.90. The molecular formula is C15H19ClF3NO2. The lowest BCUT2D eigenvalue weighted by atomic mass is 9.73. The molecule has 0 radical (unpaired) electrons. The van der Waals surface area contributed by atoms with Crippen molar-refractivity contribution in [2.75, 3.05) is 6.61 Å². The van der Waals surface area contributed by atoms with Gasteiger partial charge in [0.25, 0.3) is 0 Å². The van der Waals surface area contributed by atoms with Crippen LogP contribution in [0.4, 0.5) is 13.2 Å². The Morgan fingerprint density at radius 3 is 2.32 bits per heavy atom. The third kappa shape index (κ3) is 2.97. The molecule has 0 aliphatic carbocycles. The topological polar surface area (TPSA) is 52.5 Å². The maximum atomic E-state index is 13.0. The molecule has 0 saturated carbocycles. The minimum absolute atomic E-state index is 0.526. The Bertz CT molecular complexity index is 575. The molecule has 0 saturated heterocycles. The molecule has 1 aromatic rings. The molecule has 3 N–H and O–H groups in total. The zero-order valence-corrected chi connectivity index (χ0v) is 13.1. The normalized spacial score (nSPS) is 18.2. The van der Waals surface area contributed by atoms with Crippen molar-refractivity contribution in [1.82, 2.24) is 5.32 Å². The lowest BCUT2D eigenvalue weighted by Gasteiger charge is -2.37. The Hall–Kier alpha value is -0.820. The summed E-state index contributed by atoms with van der Waals surface area (Å²) in [5, 5.41) is 22.6. The summed E-state index contributed by atoms with van der Waals surface area (Å²) in [4.78, 5) is 0. The van der Waals surface area contributed by atoms with E-state index in [4.69, 9.17) is 16.7 Å². The number of aliphatic hydroxyl groups is 2. The number of hydrogen-bond acceptors (Lipinski definition) is 3. The summed E-state index contributed by atoms with van der Waals surface area (Å²) in [6.07, 6.45) is -5.53. The summed E-state index contributed by atoms with van der Waals surface area (Å²) in [6, 6.07) is 3.36. The first-order valence-electron chi connectivity index (χ1n) is 6.93. The SMILES string of the molecule is CC(C)(C[C@@](O)(CO)C(F)(F)F)c1ccc(Cl)c2c1CNC2. The molecule has 1 aromatic carbocycles. The highest BCUT2D eigenvalue weighted by Crippen LogP contribution is 2.43. The summed E-state index contributed by atoms with van der Waals surface area (Å²) in [5.41, 5.74) is -1.65. The van der Waals surface area contributed by atoms with Gasteiger partial charge in [0.2, 0.25) is 0 Å². The molecule has 1 aliphatic heterocycles. The second-order valence-corrected chi connectivity index (χ2v) is 6.81. The molecule has 0 amide bonds. The van der Waals surface area contributed by atoms with Crippen LogP contribution in [0.2, 0.25) is 5.02 Å². The van der Waals surface area contributed by atoms with Crippen LogP contribution in [0.1, 0.15) is 37.0 Å². The Balaban J connectivity index is 2.42. The van der Waals surface area contributed by atoms with E-state index in [1.807, 2.05) is 0 Å². The van der Waals surface area contributed by atoms with Crippen LogP contribution in [0, 0.1) is 0 Å². The van der Waals surface area contributed by atoms with Crippen LogP contribution in [0.3, 0.4) is 0 Å². The van der Waals surface area contributed by atoms with Gasteiger partial charge in [0.05, 0.1) is 6.61 Å². The molecule has 1 aliphatic rings. The molecule has 0 fully saturated rings. The highest BCUT2D eigenvalue weighted by atomic mass is 35.5. The lowest BCUT2D eigenvalue weighted by molar-refractivity contribution is -0.277. The van der Waals surface area contributed by atoms with E-state index in [0.717, 1.165) is 11.1 Å². The molecule has 124 valence electrons. The third-order valence-corrected chi connectivity index (χ3v) is 4.58. The maximum Gasteiger partial charge on any atom is 0.419 e. The molecule has 0 unspecified atom stereocenters. The first-order chi connectivity index (χ1) is 10.0. The fourth-order valence-corrected chi connectivity index (χ4v) is 3.32. The molecule has 2 rings (SSSR count). The third-order valence-electron chi connectivity index (χ3n) is 4.23. The van der Waals surface area contributed by atoms with Crippen LogP contribution < -0.4 is 5.32 Å². The van der Waals surface area contributed by atoms with E-state index in [9.17, 15) is 18.3 Å². The Kier molecular flexibility index (Phi) is 4.52. The number of benzene rings is 1. The van der Waals surface area contributed by atoms with Gasteiger partial charge >= 0.3 is 6.18 Å². The van der Waals surface area contributed by atoms with Crippen LogP contribution in [0.15, 0.2) is 12.1 Å². The minimum Gasteiger partial charge on any atom is -0.393 e. The number of alkyl halides is 3. The van der Waals surface area contributed by atoms with Gasteiger partial charge in [0.15, 0.2) is 5.60 Å². The van der Waals surface area contributed by atoms with Crippen molar-refractivity contribution in [3.8, 4) is 0 Å². The zero-order chi connectivity index (χ0) is 16.8. The molecule has 3 nitrogen and oxygen atoms in total. The lowest BCUT2D eigenvalue weighted by Crippen LogP contribution is -2.52. The maximum absolute atomic E-state index is 13.0. The fraction of sp³-hybridized carbons (Fsp3) is 0.600. The van der Waals surface area contributed by atoms with Crippen LogP contribution in [0.25, 0.3) is 0 Å². The quantitative estimate of drug-likeness (QED) is 0.792. The molecule has 22 heavy (non-hydrogen) atoms. The van der Waals surface area contributed by atoms with Gasteiger partial charge in [-0.25, -0.2) is 0 Å². The van der Waals surface area contributed by atoms with E-state index >= 15 is 0 Å². The smallest absolute Gasteiger partial charge is 0.393 e. The summed E-state index contributed by atoms with van der Waals surface area (Å²) in [6.45, 7) is 2.98. The average molecular weight is 338 g/mol. The van der Waals surface area contributed by atoms with Crippen molar-refractivity contribution in [2.45, 2.75) is 50.6 Å². The number of nitrogens with one attached hydrogen (secondary N) is 1. The molecule has 0 bridgehead atoms. The summed E-state index contributed by atoms with van der Waals surface area (Å²) in [5.74, 6) is 0. The number of halogens is 4. The first-order valence-corrected chi connectivity index (χ1v) is 7.31. The second-order valence-electron chi connectivity index (χ2n) is 6.40. The monoisotopic (exact) mass is 337 g/mol. The van der Waals surface area contributed by atoms with E-state index in [1.54, 1.807) is 26.0 Å². The van der Waals surface area contributed by atoms with Gasteiger partial charge in [-0.3, -0.25) is 0 Å². The molecular weight excluding hydrogens is 319 g/mol. The largest absolute Gasteiger partial charge is 0.419 e. The van der Waals surface area contributed by atoms with Crippen molar-refractivity contribution in [2.24, 2.45) is 0 Å². The standard InChI is InChI=1S/C15H19ClF3NO2/c1-13(2,7-14(22,8-21)15(17,18)19)11-3-4-12(16)10-6-20-5-9(10)11/h3-4,20-22H,5-8H2,1-2H3/t14-/m1/s1. The number of rotatable bonds is 4. The van der Waals surface area contributed by atoms with Crippen LogP contribution in [0.5, 0.6) is 0 Å². The molecule has 7 heteroatoms. The van der Waals surface area contributed by atoms with E-state index < -0.39 is 30.2 Å². The Morgan fingerprint density at radius 2 is 1.77 bits per heavy atom. The van der Waals surface area contributed by atoms with Gasteiger partial charge < -0.3 is 15.5 Å². The molecule has 0 aromatic heterocycles. The summed E-state index contributed by atoms with van der Waals surface area (Å²) >= 11 is 6.12. The predicted octanol–water partition coefficient (Wildman–Crippen LogP) is 2.90. The van der Waals surface area contributed by atoms with E-state index in [-0.39, 0.29) is 0 Å². The predicted molar refractivity (Wildman–Crippen MR) is 77.7 cm³/mol. The van der Waals surface area contributed by atoms with Gasteiger partial charge in [-0.2, -0.15) is 13.2 Å². The van der Waals surface area contributed by atoms with Crippen molar-refractivity contribution in [3.63, 3.8) is 0 Å². The zero-order valence-electron chi connectivity index (χ0n) is 12.4. The van der Waals surface area contributed by atoms with Crippen molar-refractivity contribution in [3.05, 3.63) is 33.8 Å². The molecule has 0 spiro atoms. The van der Waals surface area contributed by atoms with E-state index in [1.165, 1.54) is 0 Å². The van der Waals surface area contributed by atoms with E-state index in [0.29, 0.717) is 23.7 Å². The second kappa shape index (κ2) is 5.67. The van der Waals surface area contributed by atoms with Gasteiger partial charge in [-0.1, -0.05) is 31.5 Å². The molecule has 1 atom stereocenters. The number of aliphatic hydroxyl groups excluding tert-OH is 1. The Labute approximate surface area is 132 Å². The highest BCUT2D eigenvalue weighted by molar-refractivity contribution is 6.31. The first kappa shape index (κ1) is 17.5. The van der Waals surface area contributed by atoms with Crippen molar-refractivity contribution >= 4 is 11.6 Å². The van der Waals surface area contributed by atoms with Crippen LogP contribution in [-0.4, -0.2) is 28.6 Å². The van der Waals surface area contributed by atoms with Crippen LogP contribution >= 0.6 is 11.6 Å². The van der Waals surface area contributed by atoms with Gasteiger partial charge in [-0.15, -0.1) is 0 Å². The average Bonchev–Trinajstić information content (AvgIpc) is 2.86. The van der Waals surface area contributed by atoms with Crippen molar-refractivity contribution < 1.29 is 23.4 Å². The summed E-state index contributed by atoms with van der Waals surface area (Å²) < 4.78 is 39.1. The van der Waals surface area contributed by atoms with Gasteiger partial charge in [-0.05, 0) is 34.6 Å². The highest BCUT2D eigenvalue weighted by Gasteiger charge is 2.55. The van der Waals surface area contributed by atoms with Crippen LogP contribution in [-0.2, 0) is 18.5 Å². The van der Waals surface area contributed by atoms with Gasteiger partial charge in [0, 0.05) is 18.1 Å². The molecule has 1 heterocycles.